The predicted molar refractivity (Wildman–Crippen MR) is 85.1 cm³/mol. The van der Waals surface area contributed by atoms with Gasteiger partial charge in [-0.2, -0.15) is 0 Å². The number of nitrogens with zero attached hydrogens (tertiary/aromatic N) is 1. The molecular weight excluding hydrogens is 387 g/mol. The Bertz CT molecular complexity index is 703. The van der Waals surface area contributed by atoms with Gasteiger partial charge >= 0.3 is 0 Å². The molecule has 0 aliphatic rings. The zero-order chi connectivity index (χ0) is 15.4. The summed E-state index contributed by atoms with van der Waals surface area (Å²) in [5.41, 5.74) is 0.676. The normalized spacial score (nSPS) is 10.1. The Morgan fingerprint density at radius 1 is 1.29 bits per heavy atom. The van der Waals surface area contributed by atoms with E-state index in [9.17, 15) is 20.0 Å². The second-order valence-electron chi connectivity index (χ2n) is 4.23. The fourth-order valence-electron chi connectivity index (χ4n) is 1.73. The SMILES string of the molecule is O=C(NCc1ccccc1O)c1cc([N+](=O)[O-])ccc1I. The minimum Gasteiger partial charge on any atom is -0.508 e. The van der Waals surface area contributed by atoms with Gasteiger partial charge in [0.05, 0.1) is 10.5 Å². The summed E-state index contributed by atoms with van der Waals surface area (Å²) in [6.07, 6.45) is 0. The van der Waals surface area contributed by atoms with Crippen molar-refractivity contribution in [1.82, 2.24) is 5.32 Å². The Balaban J connectivity index is 2.15. The van der Waals surface area contributed by atoms with Crippen molar-refractivity contribution in [2.75, 3.05) is 0 Å². The quantitative estimate of drug-likeness (QED) is 0.471. The highest BCUT2D eigenvalue weighted by Crippen LogP contribution is 2.20. The molecule has 0 saturated carbocycles. The van der Waals surface area contributed by atoms with E-state index in [1.54, 1.807) is 18.2 Å². The monoisotopic (exact) mass is 398 g/mol. The van der Waals surface area contributed by atoms with Crippen molar-refractivity contribution in [3.63, 3.8) is 0 Å². The molecule has 2 rings (SSSR count). The van der Waals surface area contributed by atoms with Crippen molar-refractivity contribution >= 4 is 34.2 Å². The van der Waals surface area contributed by atoms with Crippen LogP contribution in [0, 0.1) is 13.7 Å². The van der Waals surface area contributed by atoms with E-state index in [2.05, 4.69) is 5.32 Å². The average Bonchev–Trinajstić information content (AvgIpc) is 2.46. The van der Waals surface area contributed by atoms with E-state index in [-0.39, 0.29) is 23.5 Å². The molecule has 0 bridgehead atoms. The number of phenolic OH excluding ortho intramolecular Hbond substituents is 1. The van der Waals surface area contributed by atoms with Gasteiger partial charge in [-0.05, 0) is 34.7 Å². The van der Waals surface area contributed by atoms with E-state index in [1.807, 2.05) is 22.6 Å². The molecule has 1 amide bonds. The van der Waals surface area contributed by atoms with Crippen LogP contribution in [0.4, 0.5) is 5.69 Å². The Labute approximate surface area is 134 Å². The van der Waals surface area contributed by atoms with E-state index in [0.29, 0.717) is 9.13 Å². The molecule has 0 spiro atoms. The maximum atomic E-state index is 12.1. The van der Waals surface area contributed by atoms with Gasteiger partial charge in [-0.15, -0.1) is 0 Å². The number of nitro benzene ring substituents is 1. The van der Waals surface area contributed by atoms with Crippen molar-refractivity contribution in [2.24, 2.45) is 0 Å². The summed E-state index contributed by atoms with van der Waals surface area (Å²) in [6.45, 7) is 0.143. The van der Waals surface area contributed by atoms with Gasteiger partial charge in [-0.1, -0.05) is 18.2 Å². The van der Waals surface area contributed by atoms with E-state index in [1.165, 1.54) is 24.3 Å². The highest BCUT2D eigenvalue weighted by Gasteiger charge is 2.15. The van der Waals surface area contributed by atoms with Crippen LogP contribution in [0.25, 0.3) is 0 Å². The number of nitrogens with one attached hydrogen (secondary N) is 1. The minimum atomic E-state index is -0.546. The average molecular weight is 398 g/mol. The van der Waals surface area contributed by atoms with Gasteiger partial charge in [0.15, 0.2) is 0 Å². The van der Waals surface area contributed by atoms with Crippen molar-refractivity contribution in [3.8, 4) is 5.75 Å². The third-order valence-corrected chi connectivity index (χ3v) is 3.78. The van der Waals surface area contributed by atoms with Gasteiger partial charge in [-0.3, -0.25) is 14.9 Å². The lowest BCUT2D eigenvalue weighted by atomic mass is 10.1. The molecule has 0 heterocycles. The number of benzene rings is 2. The van der Waals surface area contributed by atoms with Gasteiger partial charge in [0, 0.05) is 27.8 Å². The molecule has 0 unspecified atom stereocenters. The molecule has 0 atom stereocenters. The number of carbonyl (C=O) groups excluding carboxylic acids is 1. The number of aromatic hydroxyl groups is 1. The van der Waals surface area contributed by atoms with Crippen LogP contribution in [0.5, 0.6) is 5.75 Å². The number of halogens is 1. The zero-order valence-corrected chi connectivity index (χ0v) is 12.9. The van der Waals surface area contributed by atoms with Crippen LogP contribution in [0.2, 0.25) is 0 Å². The Hall–Kier alpha value is -2.16. The van der Waals surface area contributed by atoms with Gasteiger partial charge in [-0.25, -0.2) is 0 Å². The summed E-state index contributed by atoms with van der Waals surface area (Å²) >= 11 is 1.94. The number of carbonyl (C=O) groups is 1. The summed E-state index contributed by atoms with van der Waals surface area (Å²) in [7, 11) is 0. The first-order valence-corrected chi connectivity index (χ1v) is 7.06. The lowest BCUT2D eigenvalue weighted by molar-refractivity contribution is -0.384. The Morgan fingerprint density at radius 2 is 2.00 bits per heavy atom. The standard InChI is InChI=1S/C14H11IN2O4/c15-12-6-5-10(17(20)21)7-11(12)14(19)16-8-9-3-1-2-4-13(9)18/h1-7,18H,8H2,(H,16,19). The van der Waals surface area contributed by atoms with E-state index >= 15 is 0 Å². The fraction of sp³-hybridized carbons (Fsp3) is 0.0714. The van der Waals surface area contributed by atoms with Crippen molar-refractivity contribution < 1.29 is 14.8 Å². The molecule has 6 nitrogen and oxygen atoms in total. The molecule has 108 valence electrons. The summed E-state index contributed by atoms with van der Waals surface area (Å²) in [6, 6.07) is 10.8. The van der Waals surface area contributed by atoms with Crippen LogP contribution in [-0.4, -0.2) is 15.9 Å². The molecule has 0 fully saturated rings. The van der Waals surface area contributed by atoms with E-state index in [4.69, 9.17) is 0 Å². The lowest BCUT2D eigenvalue weighted by Crippen LogP contribution is -2.23. The van der Waals surface area contributed by atoms with Gasteiger partial charge < -0.3 is 10.4 Å². The second-order valence-corrected chi connectivity index (χ2v) is 5.39. The van der Waals surface area contributed by atoms with Gasteiger partial charge in [0.1, 0.15) is 5.75 Å². The summed E-state index contributed by atoms with van der Waals surface area (Å²) in [5, 5.41) is 23.0. The highest BCUT2D eigenvalue weighted by atomic mass is 127. The molecule has 2 N–H and O–H groups in total. The van der Waals surface area contributed by atoms with Crippen LogP contribution in [0.15, 0.2) is 42.5 Å². The Morgan fingerprint density at radius 3 is 2.67 bits per heavy atom. The first-order valence-electron chi connectivity index (χ1n) is 5.98. The number of para-hydroxylation sites is 1. The smallest absolute Gasteiger partial charge is 0.270 e. The van der Waals surface area contributed by atoms with Crippen LogP contribution >= 0.6 is 22.6 Å². The summed E-state index contributed by atoms with van der Waals surface area (Å²) in [5.74, 6) is -0.335. The predicted octanol–water partition coefficient (Wildman–Crippen LogP) is 2.84. The van der Waals surface area contributed by atoms with Gasteiger partial charge in [0.2, 0.25) is 0 Å². The highest BCUT2D eigenvalue weighted by molar-refractivity contribution is 14.1. The van der Waals surface area contributed by atoms with E-state index in [0.717, 1.165) is 0 Å². The number of phenols is 1. The molecule has 2 aromatic rings. The maximum Gasteiger partial charge on any atom is 0.270 e. The fourth-order valence-corrected chi connectivity index (χ4v) is 2.31. The van der Waals surface area contributed by atoms with Crippen LogP contribution in [0.1, 0.15) is 15.9 Å². The number of hydrogen-bond donors (Lipinski definition) is 2. The molecular formula is C14H11IN2O4. The third kappa shape index (κ3) is 3.69. The number of amides is 1. The Kier molecular flexibility index (Phi) is 4.73. The van der Waals surface area contributed by atoms with Crippen molar-refractivity contribution in [1.29, 1.82) is 0 Å². The molecule has 0 aromatic heterocycles. The topological polar surface area (TPSA) is 92.5 Å². The number of non-ortho nitro benzene ring substituents is 1. The second kappa shape index (κ2) is 6.53. The molecule has 0 aliphatic heterocycles. The minimum absolute atomic E-state index is 0.0894. The third-order valence-electron chi connectivity index (χ3n) is 2.84. The zero-order valence-electron chi connectivity index (χ0n) is 10.7. The molecule has 0 aliphatic carbocycles. The molecule has 0 radical (unpaired) electrons. The summed E-state index contributed by atoms with van der Waals surface area (Å²) < 4.78 is 0.619. The van der Waals surface area contributed by atoms with Gasteiger partial charge in [0.25, 0.3) is 11.6 Å². The van der Waals surface area contributed by atoms with E-state index < -0.39 is 10.8 Å². The number of nitro groups is 1. The van der Waals surface area contributed by atoms with Crippen LogP contribution in [-0.2, 0) is 6.54 Å². The maximum absolute atomic E-state index is 12.1. The largest absolute Gasteiger partial charge is 0.508 e. The number of rotatable bonds is 4. The molecule has 7 heteroatoms. The lowest BCUT2D eigenvalue weighted by Gasteiger charge is -2.08. The first-order chi connectivity index (χ1) is 9.99. The van der Waals surface area contributed by atoms with Crippen molar-refractivity contribution in [2.45, 2.75) is 6.54 Å². The molecule has 2 aromatic carbocycles. The number of hydrogen-bond acceptors (Lipinski definition) is 4. The van der Waals surface area contributed by atoms with Crippen LogP contribution < -0.4 is 5.32 Å². The summed E-state index contributed by atoms with van der Waals surface area (Å²) in [4.78, 5) is 22.3. The van der Waals surface area contributed by atoms with Crippen molar-refractivity contribution in [3.05, 3.63) is 67.3 Å². The molecule has 0 saturated heterocycles. The van der Waals surface area contributed by atoms with Crippen LogP contribution in [0.3, 0.4) is 0 Å². The first kappa shape index (κ1) is 15.2. The molecule has 21 heavy (non-hydrogen) atoms.